The van der Waals surface area contributed by atoms with Gasteiger partial charge in [0.25, 0.3) is 0 Å². The summed E-state index contributed by atoms with van der Waals surface area (Å²) in [5.41, 5.74) is 6.13. The maximum atomic E-state index is 6.13. The topological polar surface area (TPSA) is 42.4 Å². The van der Waals surface area contributed by atoms with Gasteiger partial charge in [-0.3, -0.25) is 4.90 Å². The first-order chi connectivity index (χ1) is 8.58. The number of hydrogen-bond donors (Lipinski definition) is 1. The lowest BCUT2D eigenvalue weighted by Gasteiger charge is -2.29. The minimum absolute atomic E-state index is 0.0653. The lowest BCUT2D eigenvalue weighted by molar-refractivity contribution is 0.199. The van der Waals surface area contributed by atoms with Crippen LogP contribution in [0.5, 0.6) is 0 Å². The first kappa shape index (κ1) is 13.8. The Morgan fingerprint density at radius 1 is 1.56 bits per heavy atom. The molecule has 0 radical (unpaired) electrons. The van der Waals surface area contributed by atoms with E-state index in [0.29, 0.717) is 0 Å². The maximum Gasteiger partial charge on any atom is 0.117 e. The van der Waals surface area contributed by atoms with E-state index in [0.717, 1.165) is 16.8 Å². The molecule has 0 aliphatic carbocycles. The molecule has 0 saturated carbocycles. The summed E-state index contributed by atoms with van der Waals surface area (Å²) in [6.45, 7) is 2.80. The van der Waals surface area contributed by atoms with Crippen molar-refractivity contribution in [3.05, 3.63) is 45.0 Å². The van der Waals surface area contributed by atoms with E-state index in [1.807, 2.05) is 19.1 Å². The van der Waals surface area contributed by atoms with Crippen LogP contribution in [0, 0.1) is 0 Å². The Morgan fingerprint density at radius 2 is 2.33 bits per heavy atom. The summed E-state index contributed by atoms with van der Waals surface area (Å²) >= 11 is 5.22. The van der Waals surface area contributed by atoms with Crippen molar-refractivity contribution in [2.45, 2.75) is 25.6 Å². The van der Waals surface area contributed by atoms with Gasteiger partial charge in [-0.2, -0.15) is 0 Å². The van der Waals surface area contributed by atoms with Crippen LogP contribution in [0.1, 0.15) is 23.6 Å². The largest absolute Gasteiger partial charge is 0.468 e. The fraction of sp³-hybridized carbons (Fsp3) is 0.385. The van der Waals surface area contributed by atoms with Gasteiger partial charge in [-0.25, -0.2) is 0 Å². The molecule has 5 heteroatoms. The molecule has 3 nitrogen and oxygen atoms in total. The number of likely N-dealkylation sites (N-methyl/N-ethyl adjacent to an activating group) is 1. The predicted octanol–water partition coefficient (Wildman–Crippen LogP) is 3.62. The molecule has 0 bridgehead atoms. The van der Waals surface area contributed by atoms with Gasteiger partial charge in [0.15, 0.2) is 0 Å². The second-order valence-corrected chi connectivity index (χ2v) is 6.32. The second-order valence-electron chi connectivity index (χ2n) is 4.47. The highest BCUT2D eigenvalue weighted by molar-refractivity contribution is 9.10. The zero-order valence-corrected chi connectivity index (χ0v) is 12.9. The summed E-state index contributed by atoms with van der Waals surface area (Å²) in [5.74, 6) is 0.957. The highest BCUT2D eigenvalue weighted by atomic mass is 79.9. The number of hydrogen-bond acceptors (Lipinski definition) is 4. The van der Waals surface area contributed by atoms with Crippen molar-refractivity contribution in [1.29, 1.82) is 0 Å². The van der Waals surface area contributed by atoms with Gasteiger partial charge in [0, 0.05) is 20.8 Å². The lowest BCUT2D eigenvalue weighted by Crippen LogP contribution is -2.36. The van der Waals surface area contributed by atoms with Crippen molar-refractivity contribution in [1.82, 2.24) is 4.90 Å². The fourth-order valence-electron chi connectivity index (χ4n) is 2.11. The van der Waals surface area contributed by atoms with Crippen molar-refractivity contribution in [2.75, 3.05) is 7.05 Å². The summed E-state index contributed by atoms with van der Waals surface area (Å²) in [5, 5.41) is 2.09. The number of furan rings is 1. The van der Waals surface area contributed by atoms with Crippen LogP contribution in [0.25, 0.3) is 0 Å². The molecule has 2 N–H and O–H groups in total. The summed E-state index contributed by atoms with van der Waals surface area (Å²) in [6.07, 6.45) is 1.70. The van der Waals surface area contributed by atoms with Gasteiger partial charge in [-0.15, -0.1) is 11.3 Å². The molecule has 2 heterocycles. The summed E-state index contributed by atoms with van der Waals surface area (Å²) in [7, 11) is 2.07. The third kappa shape index (κ3) is 3.23. The summed E-state index contributed by atoms with van der Waals surface area (Å²) in [6, 6.07) is 6.30. The zero-order valence-electron chi connectivity index (χ0n) is 10.5. The van der Waals surface area contributed by atoms with Gasteiger partial charge in [0.05, 0.1) is 18.8 Å². The Balaban J connectivity index is 2.15. The summed E-state index contributed by atoms with van der Waals surface area (Å²) in [4.78, 5) is 3.49. The Hall–Kier alpha value is -0.620. The van der Waals surface area contributed by atoms with Gasteiger partial charge in [0.1, 0.15) is 5.76 Å². The average Bonchev–Trinajstić information content (AvgIpc) is 2.90. The zero-order chi connectivity index (χ0) is 13.1. The third-order valence-corrected chi connectivity index (χ3v) is 4.60. The number of halogens is 1. The first-order valence-corrected chi connectivity index (χ1v) is 7.47. The van der Waals surface area contributed by atoms with Gasteiger partial charge >= 0.3 is 0 Å². The van der Waals surface area contributed by atoms with Crippen LogP contribution in [0.2, 0.25) is 0 Å². The molecule has 98 valence electrons. The van der Waals surface area contributed by atoms with Crippen molar-refractivity contribution >= 4 is 27.3 Å². The Morgan fingerprint density at radius 3 is 2.83 bits per heavy atom. The van der Waals surface area contributed by atoms with Crippen LogP contribution in [0.3, 0.4) is 0 Å². The smallest absolute Gasteiger partial charge is 0.117 e. The molecule has 0 aromatic carbocycles. The molecule has 0 aliphatic rings. The molecule has 2 rings (SSSR count). The van der Waals surface area contributed by atoms with E-state index in [-0.39, 0.29) is 12.1 Å². The monoisotopic (exact) mass is 328 g/mol. The highest BCUT2D eigenvalue weighted by Crippen LogP contribution is 2.31. The number of nitrogens with zero attached hydrogens (tertiary/aromatic N) is 1. The number of nitrogens with two attached hydrogens (primary N) is 1. The van der Waals surface area contributed by atoms with Crippen molar-refractivity contribution in [3.63, 3.8) is 0 Å². The minimum Gasteiger partial charge on any atom is -0.468 e. The minimum atomic E-state index is 0.0653. The van der Waals surface area contributed by atoms with Crippen LogP contribution in [-0.4, -0.2) is 18.0 Å². The summed E-state index contributed by atoms with van der Waals surface area (Å²) < 4.78 is 6.50. The molecule has 0 fully saturated rings. The van der Waals surface area contributed by atoms with Crippen molar-refractivity contribution < 1.29 is 4.42 Å². The molecule has 2 aromatic heterocycles. The molecule has 0 amide bonds. The molecule has 2 unspecified atom stereocenters. The first-order valence-electron chi connectivity index (χ1n) is 5.80. The molecular weight excluding hydrogens is 312 g/mol. The Bertz CT molecular complexity index is 481. The van der Waals surface area contributed by atoms with Crippen LogP contribution >= 0.6 is 27.3 Å². The molecule has 0 saturated heterocycles. The van der Waals surface area contributed by atoms with E-state index in [4.69, 9.17) is 10.2 Å². The fourth-order valence-corrected chi connectivity index (χ4v) is 3.83. The highest BCUT2D eigenvalue weighted by Gasteiger charge is 2.23. The molecule has 0 spiro atoms. The Labute approximate surface area is 120 Å². The van der Waals surface area contributed by atoms with E-state index in [2.05, 4.69) is 39.3 Å². The molecule has 2 atom stereocenters. The SMILES string of the molecule is CC(N)C(c1cc(Br)cs1)N(C)Cc1ccco1. The van der Waals surface area contributed by atoms with E-state index >= 15 is 0 Å². The van der Waals surface area contributed by atoms with E-state index in [1.54, 1.807) is 17.6 Å². The lowest BCUT2D eigenvalue weighted by atomic mass is 10.1. The number of thiophene rings is 1. The van der Waals surface area contributed by atoms with Gasteiger partial charge in [0.2, 0.25) is 0 Å². The standard InChI is InChI=1S/C13H17BrN2OS/c1-9(15)13(12-6-10(14)8-18-12)16(2)7-11-4-3-5-17-11/h3-6,8-9,13H,7,15H2,1-2H3. The quantitative estimate of drug-likeness (QED) is 0.911. The van der Waals surface area contributed by atoms with Crippen LogP contribution in [0.15, 0.2) is 38.7 Å². The van der Waals surface area contributed by atoms with Gasteiger partial charge in [-0.05, 0) is 48.1 Å². The number of rotatable bonds is 5. The van der Waals surface area contributed by atoms with Gasteiger partial charge < -0.3 is 10.2 Å². The second kappa shape index (κ2) is 6.02. The predicted molar refractivity (Wildman–Crippen MR) is 78.6 cm³/mol. The Kier molecular flexibility index (Phi) is 4.61. The van der Waals surface area contributed by atoms with Gasteiger partial charge in [-0.1, -0.05) is 0 Å². The van der Waals surface area contributed by atoms with E-state index < -0.39 is 0 Å². The average molecular weight is 329 g/mol. The van der Waals surface area contributed by atoms with Crippen molar-refractivity contribution in [2.24, 2.45) is 5.73 Å². The molecule has 18 heavy (non-hydrogen) atoms. The van der Waals surface area contributed by atoms with E-state index in [9.17, 15) is 0 Å². The van der Waals surface area contributed by atoms with Crippen LogP contribution in [0.4, 0.5) is 0 Å². The third-order valence-electron chi connectivity index (χ3n) is 2.84. The van der Waals surface area contributed by atoms with Crippen molar-refractivity contribution in [3.8, 4) is 0 Å². The maximum absolute atomic E-state index is 6.13. The normalized spacial score (nSPS) is 14.9. The molecule has 0 aliphatic heterocycles. The van der Waals surface area contributed by atoms with Crippen LogP contribution in [-0.2, 0) is 6.54 Å². The molecular formula is C13H17BrN2OS. The van der Waals surface area contributed by atoms with E-state index in [1.165, 1.54) is 4.88 Å². The molecule has 2 aromatic rings. The van der Waals surface area contributed by atoms with Crippen LogP contribution < -0.4 is 5.73 Å².